The van der Waals surface area contributed by atoms with Crippen molar-refractivity contribution in [3.8, 4) is 0 Å². The van der Waals surface area contributed by atoms with Gasteiger partial charge >= 0.3 is 0 Å². The zero-order valence-electron chi connectivity index (χ0n) is 20.6. The van der Waals surface area contributed by atoms with Crippen LogP contribution in [-0.2, 0) is 13.1 Å². The van der Waals surface area contributed by atoms with Gasteiger partial charge in [-0.05, 0) is 96.4 Å². The van der Waals surface area contributed by atoms with Gasteiger partial charge in [-0.25, -0.2) is 0 Å². The summed E-state index contributed by atoms with van der Waals surface area (Å²) in [6.45, 7) is 16.9. The Hall–Kier alpha value is -2.05. The van der Waals surface area contributed by atoms with Gasteiger partial charge in [0.1, 0.15) is 5.76 Å². The van der Waals surface area contributed by atoms with Crippen LogP contribution in [0.15, 0.2) is 47.1 Å². The third kappa shape index (κ3) is 6.72. The predicted molar refractivity (Wildman–Crippen MR) is 138 cm³/mol. The van der Waals surface area contributed by atoms with Gasteiger partial charge in [-0.15, -0.1) is 0 Å². The van der Waals surface area contributed by atoms with E-state index in [-0.39, 0.29) is 11.1 Å². The Balaban J connectivity index is 1.73. The summed E-state index contributed by atoms with van der Waals surface area (Å²) < 4.78 is 5.64. The van der Waals surface area contributed by atoms with Crippen LogP contribution < -0.4 is 15.5 Å². The number of benzene rings is 1. The summed E-state index contributed by atoms with van der Waals surface area (Å²) in [5, 5.41) is 8.21. The molecule has 0 saturated carbocycles. The standard InChI is InChI=1S/C26H40N4OS/c1-7-29(8-2)22-13-11-20(12-14-22)18-30(19-23-10-9-15-31-23)24(32)27-21-16-25(3,4)28-26(5,6)17-21/h9-15,21,28H,7-8,16-19H2,1-6H3,(H,27,32). The van der Waals surface area contributed by atoms with Crippen LogP contribution in [0.2, 0.25) is 0 Å². The fourth-order valence-electron chi connectivity index (χ4n) is 5.10. The molecule has 2 N–H and O–H groups in total. The molecule has 1 fully saturated rings. The minimum atomic E-state index is 0.0706. The van der Waals surface area contributed by atoms with Gasteiger partial charge < -0.3 is 24.9 Å². The molecule has 32 heavy (non-hydrogen) atoms. The van der Waals surface area contributed by atoms with Crippen LogP contribution in [-0.4, -0.2) is 40.2 Å². The molecule has 1 saturated heterocycles. The van der Waals surface area contributed by atoms with E-state index in [4.69, 9.17) is 16.6 Å². The lowest BCUT2D eigenvalue weighted by Gasteiger charge is -2.47. The van der Waals surface area contributed by atoms with Crippen molar-refractivity contribution in [2.45, 2.75) is 84.6 Å². The molecule has 2 aromatic rings. The molecule has 6 heteroatoms. The Morgan fingerprint density at radius 2 is 1.66 bits per heavy atom. The van der Waals surface area contributed by atoms with E-state index in [2.05, 4.69) is 86.2 Å². The molecule has 5 nitrogen and oxygen atoms in total. The molecular weight excluding hydrogens is 416 g/mol. The number of anilines is 1. The van der Waals surface area contributed by atoms with Crippen LogP contribution in [0.5, 0.6) is 0 Å². The number of furan rings is 1. The fourth-order valence-corrected chi connectivity index (χ4v) is 5.40. The topological polar surface area (TPSA) is 43.7 Å². The van der Waals surface area contributed by atoms with Gasteiger partial charge in [-0.2, -0.15) is 0 Å². The number of hydrogen-bond acceptors (Lipinski definition) is 4. The van der Waals surface area contributed by atoms with E-state index in [1.807, 2.05) is 12.1 Å². The molecule has 1 aliphatic rings. The highest BCUT2D eigenvalue weighted by Gasteiger charge is 2.38. The van der Waals surface area contributed by atoms with Gasteiger partial charge in [-0.1, -0.05) is 12.1 Å². The molecule has 0 unspecified atom stereocenters. The van der Waals surface area contributed by atoms with Crippen LogP contribution in [0.3, 0.4) is 0 Å². The van der Waals surface area contributed by atoms with Crippen molar-refractivity contribution < 1.29 is 4.42 Å². The van der Waals surface area contributed by atoms with E-state index in [0.717, 1.165) is 43.3 Å². The highest BCUT2D eigenvalue weighted by molar-refractivity contribution is 7.80. The first-order chi connectivity index (χ1) is 15.1. The third-order valence-corrected chi connectivity index (χ3v) is 6.55. The lowest BCUT2D eigenvalue weighted by molar-refractivity contribution is 0.153. The highest BCUT2D eigenvalue weighted by Crippen LogP contribution is 2.29. The lowest BCUT2D eigenvalue weighted by atomic mass is 9.80. The van der Waals surface area contributed by atoms with Crippen molar-refractivity contribution >= 4 is 23.0 Å². The van der Waals surface area contributed by atoms with Gasteiger partial charge in [-0.3, -0.25) is 0 Å². The Morgan fingerprint density at radius 1 is 1.03 bits per heavy atom. The van der Waals surface area contributed by atoms with E-state index >= 15 is 0 Å². The number of hydrogen-bond donors (Lipinski definition) is 2. The summed E-state index contributed by atoms with van der Waals surface area (Å²) in [6.07, 6.45) is 3.79. The minimum Gasteiger partial charge on any atom is -0.467 e. The second kappa shape index (κ2) is 10.3. The Morgan fingerprint density at radius 3 is 2.19 bits per heavy atom. The van der Waals surface area contributed by atoms with E-state index in [0.29, 0.717) is 12.6 Å². The van der Waals surface area contributed by atoms with Crippen LogP contribution in [0.4, 0.5) is 5.69 Å². The molecule has 0 atom stereocenters. The molecule has 0 aliphatic carbocycles. The van der Waals surface area contributed by atoms with Gasteiger partial charge in [0.2, 0.25) is 0 Å². The molecule has 0 radical (unpaired) electrons. The Labute approximate surface area is 199 Å². The van der Waals surface area contributed by atoms with Gasteiger partial charge in [0.15, 0.2) is 5.11 Å². The van der Waals surface area contributed by atoms with Crippen molar-refractivity contribution in [1.82, 2.24) is 15.5 Å². The summed E-state index contributed by atoms with van der Waals surface area (Å²) in [5.74, 6) is 0.917. The van der Waals surface area contributed by atoms with Crippen molar-refractivity contribution in [1.29, 1.82) is 0 Å². The molecule has 2 heterocycles. The molecule has 176 valence electrons. The molecule has 3 rings (SSSR count). The quantitative estimate of drug-likeness (QED) is 0.525. The summed E-state index contributed by atoms with van der Waals surface area (Å²) in [6, 6.07) is 13.1. The first-order valence-corrected chi connectivity index (χ1v) is 12.2. The van der Waals surface area contributed by atoms with Crippen LogP contribution in [0.1, 0.15) is 65.7 Å². The summed E-state index contributed by atoms with van der Waals surface area (Å²) >= 11 is 5.93. The second-order valence-electron chi connectivity index (χ2n) is 10.2. The van der Waals surface area contributed by atoms with Crippen LogP contribution >= 0.6 is 12.2 Å². The average molecular weight is 457 g/mol. The Kier molecular flexibility index (Phi) is 7.88. The van der Waals surface area contributed by atoms with Crippen LogP contribution in [0.25, 0.3) is 0 Å². The molecule has 0 bridgehead atoms. The Bertz CT molecular complexity index is 840. The predicted octanol–water partition coefficient (Wildman–Crippen LogP) is 5.31. The van der Waals surface area contributed by atoms with Crippen molar-refractivity contribution in [2.75, 3.05) is 18.0 Å². The van der Waals surface area contributed by atoms with Gasteiger partial charge in [0, 0.05) is 42.4 Å². The number of thiocarbonyl (C=S) groups is 1. The van der Waals surface area contributed by atoms with Gasteiger partial charge in [0.25, 0.3) is 0 Å². The number of rotatable bonds is 8. The maximum Gasteiger partial charge on any atom is 0.169 e. The van der Waals surface area contributed by atoms with Crippen molar-refractivity contribution in [2.24, 2.45) is 0 Å². The van der Waals surface area contributed by atoms with E-state index < -0.39 is 0 Å². The molecular formula is C26H40N4OS. The summed E-state index contributed by atoms with van der Waals surface area (Å²) in [4.78, 5) is 4.57. The summed E-state index contributed by atoms with van der Waals surface area (Å²) in [7, 11) is 0. The minimum absolute atomic E-state index is 0.0706. The van der Waals surface area contributed by atoms with Gasteiger partial charge in [0.05, 0.1) is 12.8 Å². The zero-order chi connectivity index (χ0) is 23.4. The molecule has 0 spiro atoms. The number of nitrogens with one attached hydrogen (secondary N) is 2. The molecule has 1 aliphatic heterocycles. The normalized spacial score (nSPS) is 17.7. The van der Waals surface area contributed by atoms with E-state index in [1.54, 1.807) is 6.26 Å². The maximum absolute atomic E-state index is 5.93. The second-order valence-corrected chi connectivity index (χ2v) is 10.6. The van der Waals surface area contributed by atoms with E-state index in [9.17, 15) is 0 Å². The average Bonchev–Trinajstić information content (AvgIpc) is 3.20. The zero-order valence-corrected chi connectivity index (χ0v) is 21.4. The summed E-state index contributed by atoms with van der Waals surface area (Å²) in [5.41, 5.74) is 2.64. The fraction of sp³-hybridized carbons (Fsp3) is 0.577. The van der Waals surface area contributed by atoms with E-state index in [1.165, 1.54) is 11.3 Å². The SMILES string of the molecule is CCN(CC)c1ccc(CN(Cc2ccco2)C(=S)NC2CC(C)(C)NC(C)(C)C2)cc1. The lowest BCUT2D eigenvalue weighted by Crippen LogP contribution is -2.62. The van der Waals surface area contributed by atoms with Crippen molar-refractivity contribution in [3.05, 3.63) is 54.0 Å². The molecule has 0 amide bonds. The van der Waals surface area contributed by atoms with Crippen molar-refractivity contribution in [3.63, 3.8) is 0 Å². The first-order valence-electron chi connectivity index (χ1n) is 11.8. The largest absolute Gasteiger partial charge is 0.467 e. The molecule has 1 aromatic carbocycles. The maximum atomic E-state index is 5.93. The third-order valence-electron chi connectivity index (χ3n) is 6.17. The number of nitrogens with zero attached hydrogens (tertiary/aromatic N) is 2. The molecule has 1 aromatic heterocycles. The first kappa shape index (κ1) is 24.6. The highest BCUT2D eigenvalue weighted by atomic mass is 32.1. The smallest absolute Gasteiger partial charge is 0.169 e. The number of piperidine rings is 1. The monoisotopic (exact) mass is 456 g/mol. The van der Waals surface area contributed by atoms with Crippen LogP contribution in [0, 0.1) is 0 Å².